The van der Waals surface area contributed by atoms with E-state index < -0.39 is 50.2 Å². The van der Waals surface area contributed by atoms with Crippen LogP contribution in [0.1, 0.15) is 241 Å². The van der Waals surface area contributed by atoms with Crippen LogP contribution in [0.2, 0.25) is 0 Å². The standard InChI is InChI=1S/C54H98N3O14P.2CH4/c1-3-5-7-9-11-13-15-17-19-21-23-25-27-29-31-33-53(62)68-45-48(71-54(63)34-32-30-28-26-24-22-20-18-16-14-12-10-8-6-4-2)46-70-72(64,65)69-42-39-56-50(59)47-67-44-43-66-41-38-55-49(58)37-40-57-51(60)35-36-52(57)61;;/h35-36,48H,3-34,37-47H2,1-2H3,(H,55,58)(H,56,59)(H,64,65);2*1H4. The fourth-order valence-electron chi connectivity index (χ4n) is 8.12. The van der Waals surface area contributed by atoms with E-state index in [1.165, 1.54) is 141 Å². The van der Waals surface area contributed by atoms with Crippen LogP contribution < -0.4 is 10.6 Å². The number of imide groups is 1. The van der Waals surface area contributed by atoms with Crippen molar-refractivity contribution < 1.29 is 66.2 Å². The molecule has 1 heterocycles. The molecular weight excluding hydrogens is 970 g/mol. The molecule has 2 unspecified atom stereocenters. The summed E-state index contributed by atoms with van der Waals surface area (Å²) in [6, 6.07) is 0. The van der Waals surface area contributed by atoms with Gasteiger partial charge in [-0.3, -0.25) is 42.7 Å². The summed E-state index contributed by atoms with van der Waals surface area (Å²) in [5.41, 5.74) is 0. The number of carbonyl (C=O) groups is 6. The maximum atomic E-state index is 12.8. The molecule has 0 radical (unpaired) electrons. The van der Waals surface area contributed by atoms with E-state index in [0.29, 0.717) is 12.8 Å². The van der Waals surface area contributed by atoms with Gasteiger partial charge in [-0.15, -0.1) is 0 Å². The summed E-state index contributed by atoms with van der Waals surface area (Å²) in [5.74, 6) is -2.68. The van der Waals surface area contributed by atoms with Crippen molar-refractivity contribution >= 4 is 43.4 Å². The number of hydrogen-bond acceptors (Lipinski definition) is 13. The van der Waals surface area contributed by atoms with Gasteiger partial charge >= 0.3 is 19.8 Å². The lowest BCUT2D eigenvalue weighted by Gasteiger charge is -2.20. The van der Waals surface area contributed by atoms with Crippen LogP contribution in [0.4, 0.5) is 0 Å². The first-order valence-electron chi connectivity index (χ1n) is 28.2. The summed E-state index contributed by atoms with van der Waals surface area (Å²) in [6.07, 6.45) is 37.9. The molecule has 74 heavy (non-hydrogen) atoms. The van der Waals surface area contributed by atoms with Crippen LogP contribution in [-0.4, -0.2) is 117 Å². The average molecular weight is 1080 g/mol. The van der Waals surface area contributed by atoms with E-state index >= 15 is 0 Å². The SMILES string of the molecule is C.C.CCCCCCCCCCCCCCCCCC(=O)OCC(COP(=O)(O)OCCNC(=O)COCCOCCNC(=O)CCN1C(=O)C=CC1=O)OC(=O)CCCCCCCCCCCCCCCCC. The first-order valence-corrected chi connectivity index (χ1v) is 29.7. The van der Waals surface area contributed by atoms with Crippen LogP contribution >= 0.6 is 7.82 Å². The van der Waals surface area contributed by atoms with Crippen LogP contribution in [0.5, 0.6) is 0 Å². The van der Waals surface area contributed by atoms with E-state index in [4.69, 9.17) is 28.0 Å². The number of phosphoric acid groups is 1. The Hall–Kier alpha value is -3.21. The minimum atomic E-state index is -4.65. The smallest absolute Gasteiger partial charge is 0.462 e. The number of nitrogens with one attached hydrogen (secondary N) is 2. The molecule has 0 aromatic heterocycles. The molecule has 434 valence electrons. The Morgan fingerprint density at radius 2 is 0.919 bits per heavy atom. The lowest BCUT2D eigenvalue weighted by atomic mass is 10.0. The lowest BCUT2D eigenvalue weighted by Crippen LogP contribution is -2.35. The summed E-state index contributed by atoms with van der Waals surface area (Å²) in [6.45, 7) is 3.43. The number of carbonyl (C=O) groups excluding carboxylic acids is 6. The van der Waals surface area contributed by atoms with E-state index in [-0.39, 0.29) is 99.3 Å². The highest BCUT2D eigenvalue weighted by Gasteiger charge is 2.27. The maximum Gasteiger partial charge on any atom is 0.472 e. The van der Waals surface area contributed by atoms with Crippen molar-refractivity contribution in [3.63, 3.8) is 0 Å². The zero-order valence-electron chi connectivity index (χ0n) is 44.8. The molecule has 0 aromatic rings. The van der Waals surface area contributed by atoms with Gasteiger partial charge in [-0.2, -0.15) is 0 Å². The second-order valence-electron chi connectivity index (χ2n) is 19.1. The highest BCUT2D eigenvalue weighted by molar-refractivity contribution is 7.47. The Morgan fingerprint density at radius 3 is 1.39 bits per heavy atom. The number of amides is 4. The Morgan fingerprint density at radius 1 is 0.514 bits per heavy atom. The zero-order chi connectivity index (χ0) is 52.6. The van der Waals surface area contributed by atoms with Gasteiger partial charge in [-0.05, 0) is 12.8 Å². The molecular formula is C56H106N3O14P. The van der Waals surface area contributed by atoms with Gasteiger partial charge in [-0.1, -0.05) is 208 Å². The Labute approximate surface area is 448 Å². The third-order valence-electron chi connectivity index (χ3n) is 12.4. The number of rotatable bonds is 53. The molecule has 0 bridgehead atoms. The predicted octanol–water partition coefficient (Wildman–Crippen LogP) is 12.0. The second-order valence-corrected chi connectivity index (χ2v) is 20.5. The molecule has 2 atom stereocenters. The largest absolute Gasteiger partial charge is 0.472 e. The predicted molar refractivity (Wildman–Crippen MR) is 293 cm³/mol. The molecule has 1 aliphatic rings. The number of hydrogen-bond donors (Lipinski definition) is 3. The molecule has 17 nitrogen and oxygen atoms in total. The summed E-state index contributed by atoms with van der Waals surface area (Å²) in [4.78, 5) is 84.0. The van der Waals surface area contributed by atoms with Crippen LogP contribution in [0.3, 0.4) is 0 Å². The minimum Gasteiger partial charge on any atom is -0.462 e. The van der Waals surface area contributed by atoms with Crippen molar-refractivity contribution in [2.24, 2.45) is 0 Å². The number of phosphoric ester groups is 1. The molecule has 18 heteroatoms. The van der Waals surface area contributed by atoms with Crippen LogP contribution in [0.15, 0.2) is 12.2 Å². The van der Waals surface area contributed by atoms with Gasteiger partial charge in [0.1, 0.15) is 13.2 Å². The maximum absolute atomic E-state index is 12.8. The molecule has 1 aliphatic heterocycles. The monoisotopic (exact) mass is 1080 g/mol. The summed E-state index contributed by atoms with van der Waals surface area (Å²) in [5, 5.41) is 5.12. The fourth-order valence-corrected chi connectivity index (χ4v) is 8.87. The molecule has 0 saturated carbocycles. The number of ether oxygens (including phenoxy) is 4. The van der Waals surface area contributed by atoms with Gasteiger partial charge < -0.3 is 34.5 Å². The number of nitrogens with zero attached hydrogens (tertiary/aromatic N) is 1. The quantitative estimate of drug-likeness (QED) is 0.0223. The van der Waals surface area contributed by atoms with Crippen molar-refractivity contribution in [1.29, 1.82) is 0 Å². The Bertz CT molecular complexity index is 1480. The van der Waals surface area contributed by atoms with Crippen LogP contribution in [0, 0.1) is 0 Å². The van der Waals surface area contributed by atoms with Crippen molar-refractivity contribution in [1.82, 2.24) is 15.5 Å². The van der Waals surface area contributed by atoms with E-state index in [1.54, 1.807) is 0 Å². The first-order chi connectivity index (χ1) is 35.0. The van der Waals surface area contributed by atoms with Gasteiger partial charge in [0.05, 0.1) is 33.0 Å². The highest BCUT2D eigenvalue weighted by Crippen LogP contribution is 2.43. The van der Waals surface area contributed by atoms with E-state index in [1.807, 2.05) is 0 Å². The molecule has 4 amide bonds. The normalized spacial score (nSPS) is 13.3. The van der Waals surface area contributed by atoms with Crippen LogP contribution in [0.25, 0.3) is 0 Å². The van der Waals surface area contributed by atoms with E-state index in [9.17, 15) is 38.2 Å². The Balaban J connectivity index is 0. The Kier molecular flexibility index (Phi) is 51.1. The second kappa shape index (κ2) is 51.9. The molecule has 0 aliphatic carbocycles. The molecule has 0 saturated heterocycles. The summed E-state index contributed by atoms with van der Waals surface area (Å²) in [7, 11) is -4.65. The topological polar surface area (TPSA) is 222 Å². The van der Waals surface area contributed by atoms with Crippen molar-refractivity contribution in [2.75, 3.05) is 65.9 Å². The summed E-state index contributed by atoms with van der Waals surface area (Å²) >= 11 is 0. The van der Waals surface area contributed by atoms with Gasteiger partial charge in [0.25, 0.3) is 11.8 Å². The van der Waals surface area contributed by atoms with Crippen molar-refractivity contribution in [3.05, 3.63) is 12.2 Å². The van der Waals surface area contributed by atoms with E-state index in [2.05, 4.69) is 24.5 Å². The minimum absolute atomic E-state index is 0. The summed E-state index contributed by atoms with van der Waals surface area (Å²) < 4.78 is 44.5. The number of unbranched alkanes of at least 4 members (excludes halogenated alkanes) is 28. The van der Waals surface area contributed by atoms with Crippen LogP contribution in [-0.2, 0) is 61.3 Å². The van der Waals surface area contributed by atoms with Crippen molar-refractivity contribution in [2.45, 2.75) is 247 Å². The zero-order valence-corrected chi connectivity index (χ0v) is 45.7. The molecule has 0 spiro atoms. The fraction of sp³-hybridized carbons (Fsp3) is 0.857. The number of esters is 2. The average Bonchev–Trinajstić information content (AvgIpc) is 3.68. The molecule has 1 rings (SSSR count). The van der Waals surface area contributed by atoms with Gasteiger partial charge in [0.2, 0.25) is 11.8 Å². The molecule has 0 aromatic carbocycles. The molecule has 3 N–H and O–H groups in total. The third kappa shape index (κ3) is 46.1. The van der Waals surface area contributed by atoms with Gasteiger partial charge in [0, 0.05) is 51.0 Å². The van der Waals surface area contributed by atoms with E-state index in [0.717, 1.165) is 55.6 Å². The third-order valence-corrected chi connectivity index (χ3v) is 13.4. The van der Waals surface area contributed by atoms with Crippen molar-refractivity contribution in [3.8, 4) is 0 Å². The van der Waals surface area contributed by atoms with Gasteiger partial charge in [-0.25, -0.2) is 4.57 Å². The van der Waals surface area contributed by atoms with Gasteiger partial charge in [0.15, 0.2) is 6.10 Å². The highest BCUT2D eigenvalue weighted by atomic mass is 31.2. The first kappa shape index (κ1) is 72.9. The molecule has 0 fully saturated rings. The lowest BCUT2D eigenvalue weighted by molar-refractivity contribution is -0.161.